The van der Waals surface area contributed by atoms with Crippen LogP contribution in [-0.2, 0) is 6.42 Å². The van der Waals surface area contributed by atoms with Crippen molar-refractivity contribution in [1.29, 1.82) is 0 Å². The molecule has 1 heterocycles. The Balaban J connectivity index is 2.33. The molecule has 0 saturated heterocycles. The van der Waals surface area contributed by atoms with Crippen molar-refractivity contribution in [2.45, 2.75) is 26.7 Å². The van der Waals surface area contributed by atoms with Crippen molar-refractivity contribution >= 4 is 24.1 Å². The van der Waals surface area contributed by atoms with E-state index < -0.39 is 4.92 Å². The van der Waals surface area contributed by atoms with Crippen LogP contribution >= 0.6 is 12.2 Å². The predicted octanol–water partition coefficient (Wildman–Crippen LogP) is 3.08. The van der Waals surface area contributed by atoms with Gasteiger partial charge in [-0.3, -0.25) is 15.2 Å². The molecule has 0 spiro atoms. The van der Waals surface area contributed by atoms with Gasteiger partial charge in [-0.05, 0) is 37.7 Å². The average molecular weight is 335 g/mol. The van der Waals surface area contributed by atoms with Crippen molar-refractivity contribution in [2.24, 2.45) is 5.10 Å². The van der Waals surface area contributed by atoms with Gasteiger partial charge in [-0.1, -0.05) is 6.92 Å². The minimum atomic E-state index is -0.478. The van der Waals surface area contributed by atoms with Crippen LogP contribution in [0.1, 0.15) is 31.7 Å². The second-order valence-electron chi connectivity index (χ2n) is 4.67. The van der Waals surface area contributed by atoms with Crippen molar-refractivity contribution < 1.29 is 9.66 Å². The van der Waals surface area contributed by atoms with Gasteiger partial charge in [0.25, 0.3) is 0 Å². The summed E-state index contributed by atoms with van der Waals surface area (Å²) in [5, 5.41) is 22.2. The third-order valence-corrected chi connectivity index (χ3v) is 3.26. The summed E-state index contributed by atoms with van der Waals surface area (Å²) in [6.45, 7) is 4.16. The number of H-pyrrole nitrogens is 1. The maximum Gasteiger partial charge on any atom is 0.311 e. The van der Waals surface area contributed by atoms with Crippen molar-refractivity contribution in [2.75, 3.05) is 6.61 Å². The molecule has 23 heavy (non-hydrogen) atoms. The molecule has 9 heteroatoms. The van der Waals surface area contributed by atoms with E-state index in [0.29, 0.717) is 22.8 Å². The molecule has 0 aliphatic rings. The van der Waals surface area contributed by atoms with Crippen LogP contribution in [0.5, 0.6) is 5.75 Å². The first-order chi connectivity index (χ1) is 11.1. The minimum absolute atomic E-state index is 0.0969. The monoisotopic (exact) mass is 335 g/mol. The molecule has 0 fully saturated rings. The van der Waals surface area contributed by atoms with Crippen LogP contribution in [0.2, 0.25) is 0 Å². The molecule has 2 aromatic rings. The van der Waals surface area contributed by atoms with E-state index in [1.807, 2.05) is 6.92 Å². The lowest BCUT2D eigenvalue weighted by atomic mass is 10.2. The lowest BCUT2D eigenvalue weighted by molar-refractivity contribution is -0.385. The Labute approximate surface area is 137 Å². The van der Waals surface area contributed by atoms with Crippen molar-refractivity contribution in [1.82, 2.24) is 14.9 Å². The molecule has 1 aromatic heterocycles. The molecule has 0 bridgehead atoms. The highest BCUT2D eigenvalue weighted by atomic mass is 32.1. The molecule has 2 rings (SSSR count). The van der Waals surface area contributed by atoms with E-state index in [9.17, 15) is 10.1 Å². The Morgan fingerprint density at radius 2 is 2.30 bits per heavy atom. The lowest BCUT2D eigenvalue weighted by Gasteiger charge is -2.04. The summed E-state index contributed by atoms with van der Waals surface area (Å²) in [7, 11) is 0. The number of hydrogen-bond donors (Lipinski definition) is 1. The van der Waals surface area contributed by atoms with Gasteiger partial charge in [0.2, 0.25) is 4.77 Å². The Kier molecular flexibility index (Phi) is 5.58. The Morgan fingerprint density at radius 1 is 1.52 bits per heavy atom. The molecular formula is C14H17N5O3S. The average Bonchev–Trinajstić information content (AvgIpc) is 2.87. The highest BCUT2D eigenvalue weighted by Crippen LogP contribution is 2.27. The zero-order chi connectivity index (χ0) is 16.8. The molecule has 0 atom stereocenters. The smallest absolute Gasteiger partial charge is 0.311 e. The molecule has 1 aromatic carbocycles. The Bertz CT molecular complexity index is 781. The van der Waals surface area contributed by atoms with E-state index in [1.54, 1.807) is 19.1 Å². The van der Waals surface area contributed by atoms with Gasteiger partial charge >= 0.3 is 5.69 Å². The number of hydrogen-bond acceptors (Lipinski definition) is 6. The third-order valence-electron chi connectivity index (χ3n) is 2.99. The van der Waals surface area contributed by atoms with Crippen molar-refractivity contribution in [3.05, 3.63) is 44.5 Å². The number of nitrogens with zero attached hydrogens (tertiary/aromatic N) is 4. The van der Waals surface area contributed by atoms with E-state index in [4.69, 9.17) is 17.0 Å². The minimum Gasteiger partial charge on any atom is -0.487 e. The highest BCUT2D eigenvalue weighted by molar-refractivity contribution is 7.71. The van der Waals surface area contributed by atoms with Crippen molar-refractivity contribution in [3.63, 3.8) is 0 Å². The predicted molar refractivity (Wildman–Crippen MR) is 88.7 cm³/mol. The number of ether oxygens (including phenoxy) is 1. The molecule has 0 radical (unpaired) electrons. The second-order valence-corrected chi connectivity index (χ2v) is 5.06. The number of aromatic nitrogens is 3. The number of benzene rings is 1. The summed E-state index contributed by atoms with van der Waals surface area (Å²) in [4.78, 5) is 10.6. The van der Waals surface area contributed by atoms with Crippen LogP contribution in [-0.4, -0.2) is 32.6 Å². The number of nitro groups is 1. The SMILES string of the molecule is CCCc1n[nH]c(=S)n1/N=C\c1ccc(OCC)c([N+](=O)[O-])c1. The first-order valence-corrected chi connectivity index (χ1v) is 7.59. The molecule has 8 nitrogen and oxygen atoms in total. The molecule has 0 saturated carbocycles. The molecule has 0 unspecified atom stereocenters. The maximum atomic E-state index is 11.1. The van der Waals surface area contributed by atoms with Gasteiger partial charge in [0.05, 0.1) is 17.7 Å². The molecule has 0 amide bonds. The van der Waals surface area contributed by atoms with Gasteiger partial charge < -0.3 is 4.74 Å². The molecule has 1 N–H and O–H groups in total. The zero-order valence-corrected chi connectivity index (χ0v) is 13.7. The van der Waals surface area contributed by atoms with E-state index in [0.717, 1.165) is 12.8 Å². The first-order valence-electron chi connectivity index (χ1n) is 7.18. The molecule has 0 aliphatic carbocycles. The van der Waals surface area contributed by atoms with E-state index in [1.165, 1.54) is 17.0 Å². The summed E-state index contributed by atoms with van der Waals surface area (Å²) < 4.78 is 7.15. The lowest BCUT2D eigenvalue weighted by Crippen LogP contribution is -2.00. The van der Waals surface area contributed by atoms with E-state index >= 15 is 0 Å². The van der Waals surface area contributed by atoms with Gasteiger partial charge in [-0.15, -0.1) is 0 Å². The first kappa shape index (κ1) is 16.8. The normalized spacial score (nSPS) is 11.0. The van der Waals surface area contributed by atoms with Gasteiger partial charge in [0.1, 0.15) is 0 Å². The largest absolute Gasteiger partial charge is 0.487 e. The highest BCUT2D eigenvalue weighted by Gasteiger charge is 2.15. The van der Waals surface area contributed by atoms with Crippen LogP contribution in [0.3, 0.4) is 0 Å². The molecule has 122 valence electrons. The topological polar surface area (TPSA) is 98.3 Å². The molecule has 0 aliphatic heterocycles. The van der Waals surface area contributed by atoms with Crippen LogP contribution in [0.4, 0.5) is 5.69 Å². The van der Waals surface area contributed by atoms with Crippen LogP contribution < -0.4 is 4.74 Å². The number of rotatable bonds is 7. The fourth-order valence-electron chi connectivity index (χ4n) is 1.99. The number of nitro benzene ring substituents is 1. The van der Waals surface area contributed by atoms with Gasteiger partial charge in [-0.2, -0.15) is 14.9 Å². The third kappa shape index (κ3) is 4.01. The summed E-state index contributed by atoms with van der Waals surface area (Å²) in [6, 6.07) is 4.67. The fourth-order valence-corrected chi connectivity index (χ4v) is 2.19. The second kappa shape index (κ2) is 7.63. The van der Waals surface area contributed by atoms with E-state index in [-0.39, 0.29) is 11.4 Å². The number of nitrogens with one attached hydrogen (secondary N) is 1. The standard InChI is InChI=1S/C14H17N5O3S/c1-3-5-13-16-17-14(23)18(13)15-9-10-6-7-12(22-4-2)11(8-10)19(20)21/h6-9H,3-5H2,1-2H3,(H,17,23)/b15-9-. The van der Waals surface area contributed by atoms with E-state index in [2.05, 4.69) is 15.3 Å². The van der Waals surface area contributed by atoms with Gasteiger partial charge in [-0.25, -0.2) is 0 Å². The Hall–Kier alpha value is -2.55. The fraction of sp³-hybridized carbons (Fsp3) is 0.357. The maximum absolute atomic E-state index is 11.1. The summed E-state index contributed by atoms with van der Waals surface area (Å²) >= 11 is 5.13. The van der Waals surface area contributed by atoms with Crippen LogP contribution in [0.25, 0.3) is 0 Å². The summed E-state index contributed by atoms with van der Waals surface area (Å²) in [5.74, 6) is 0.954. The Morgan fingerprint density at radius 3 is 2.96 bits per heavy atom. The number of aromatic amines is 1. The molecular weight excluding hydrogens is 318 g/mol. The zero-order valence-electron chi connectivity index (χ0n) is 12.9. The summed E-state index contributed by atoms with van der Waals surface area (Å²) in [6.07, 6.45) is 3.14. The van der Waals surface area contributed by atoms with Gasteiger partial charge in [0.15, 0.2) is 11.6 Å². The number of aryl methyl sites for hydroxylation is 1. The van der Waals surface area contributed by atoms with Gasteiger partial charge in [0, 0.05) is 18.1 Å². The van der Waals surface area contributed by atoms with Crippen LogP contribution in [0, 0.1) is 14.9 Å². The van der Waals surface area contributed by atoms with Crippen LogP contribution in [0.15, 0.2) is 23.3 Å². The van der Waals surface area contributed by atoms with Crippen molar-refractivity contribution in [3.8, 4) is 5.75 Å². The quantitative estimate of drug-likeness (QED) is 0.363. The summed E-state index contributed by atoms with van der Waals surface area (Å²) in [5.41, 5.74) is 0.478.